The molecule has 1 saturated heterocycles. The standard InChI is InChI=1S/C17H24N6O/c1-14-5-4-8-22(10-14)11-16-7-3-2-6-15(16)9-18-17(24)12-23-13-19-20-21-23/h2-3,6-7,13-14H,4-5,8-12H2,1H3,(H,18,24). The number of amides is 1. The average Bonchev–Trinajstić information content (AvgIpc) is 3.07. The Hall–Kier alpha value is -2.28. The summed E-state index contributed by atoms with van der Waals surface area (Å²) >= 11 is 0. The van der Waals surface area contributed by atoms with Gasteiger partial charge in [-0.3, -0.25) is 9.69 Å². The summed E-state index contributed by atoms with van der Waals surface area (Å²) in [5, 5.41) is 13.7. The van der Waals surface area contributed by atoms with Crippen LogP contribution in [0, 0.1) is 5.92 Å². The van der Waals surface area contributed by atoms with E-state index in [-0.39, 0.29) is 12.5 Å². The molecule has 1 atom stereocenters. The van der Waals surface area contributed by atoms with Gasteiger partial charge in [-0.15, -0.1) is 5.10 Å². The maximum atomic E-state index is 12.0. The zero-order chi connectivity index (χ0) is 16.8. The smallest absolute Gasteiger partial charge is 0.242 e. The van der Waals surface area contributed by atoms with Crippen molar-refractivity contribution >= 4 is 5.91 Å². The molecule has 128 valence electrons. The van der Waals surface area contributed by atoms with E-state index in [1.165, 1.54) is 35.0 Å². The lowest BCUT2D eigenvalue weighted by molar-refractivity contribution is -0.122. The van der Waals surface area contributed by atoms with Crippen LogP contribution >= 0.6 is 0 Å². The molecule has 1 N–H and O–H groups in total. The van der Waals surface area contributed by atoms with Crippen LogP contribution in [0.2, 0.25) is 0 Å². The Balaban J connectivity index is 1.56. The van der Waals surface area contributed by atoms with Crippen LogP contribution in [-0.4, -0.2) is 44.1 Å². The summed E-state index contributed by atoms with van der Waals surface area (Å²) in [6.07, 6.45) is 4.03. The SMILES string of the molecule is CC1CCCN(Cc2ccccc2CNC(=O)Cn2cnnn2)C1. The van der Waals surface area contributed by atoms with E-state index in [0.29, 0.717) is 6.54 Å². The summed E-state index contributed by atoms with van der Waals surface area (Å²) in [5.41, 5.74) is 2.45. The molecule has 3 rings (SSSR count). The number of carbonyl (C=O) groups is 1. The van der Waals surface area contributed by atoms with Crippen LogP contribution in [0.15, 0.2) is 30.6 Å². The van der Waals surface area contributed by atoms with Gasteiger partial charge in [-0.25, -0.2) is 4.68 Å². The van der Waals surface area contributed by atoms with Gasteiger partial charge in [-0.2, -0.15) is 0 Å². The van der Waals surface area contributed by atoms with Crippen LogP contribution in [0.4, 0.5) is 0 Å². The molecule has 2 aromatic rings. The lowest BCUT2D eigenvalue weighted by Gasteiger charge is -2.31. The minimum Gasteiger partial charge on any atom is -0.350 e. The molecule has 1 fully saturated rings. The van der Waals surface area contributed by atoms with E-state index in [2.05, 4.69) is 50.9 Å². The summed E-state index contributed by atoms with van der Waals surface area (Å²) in [6, 6.07) is 8.32. The number of tetrazole rings is 1. The predicted octanol–water partition coefficient (Wildman–Crippen LogP) is 1.22. The zero-order valence-corrected chi connectivity index (χ0v) is 14.1. The molecule has 2 heterocycles. The average molecular weight is 328 g/mol. The van der Waals surface area contributed by atoms with Gasteiger partial charge >= 0.3 is 0 Å². The second-order valence-corrected chi connectivity index (χ2v) is 6.54. The van der Waals surface area contributed by atoms with Gasteiger partial charge in [0.25, 0.3) is 0 Å². The van der Waals surface area contributed by atoms with Gasteiger partial charge < -0.3 is 5.32 Å². The van der Waals surface area contributed by atoms with Gasteiger partial charge in [0.1, 0.15) is 12.9 Å². The topological polar surface area (TPSA) is 75.9 Å². The van der Waals surface area contributed by atoms with Crippen molar-refractivity contribution in [2.24, 2.45) is 5.92 Å². The minimum atomic E-state index is -0.0938. The number of aromatic nitrogens is 4. The molecular formula is C17H24N6O. The number of nitrogens with one attached hydrogen (secondary N) is 1. The second kappa shape index (κ2) is 8.01. The number of hydrogen-bond donors (Lipinski definition) is 1. The van der Waals surface area contributed by atoms with E-state index in [0.717, 1.165) is 25.6 Å². The van der Waals surface area contributed by atoms with Gasteiger partial charge in [0, 0.05) is 19.6 Å². The number of benzene rings is 1. The highest BCUT2D eigenvalue weighted by Crippen LogP contribution is 2.19. The quantitative estimate of drug-likeness (QED) is 0.863. The lowest BCUT2D eigenvalue weighted by Crippen LogP contribution is -2.34. The third-order valence-corrected chi connectivity index (χ3v) is 4.43. The summed E-state index contributed by atoms with van der Waals surface area (Å²) in [7, 11) is 0. The summed E-state index contributed by atoms with van der Waals surface area (Å²) in [6.45, 7) is 6.24. The molecule has 1 unspecified atom stereocenters. The van der Waals surface area contributed by atoms with Gasteiger partial charge in [0.05, 0.1) is 0 Å². The van der Waals surface area contributed by atoms with Crippen molar-refractivity contribution < 1.29 is 4.79 Å². The Morgan fingerprint density at radius 1 is 1.33 bits per heavy atom. The molecule has 1 aromatic carbocycles. The van der Waals surface area contributed by atoms with E-state index in [9.17, 15) is 4.79 Å². The zero-order valence-electron chi connectivity index (χ0n) is 14.1. The fraction of sp³-hybridized carbons (Fsp3) is 0.529. The van der Waals surface area contributed by atoms with Gasteiger partial charge in [-0.1, -0.05) is 31.2 Å². The highest BCUT2D eigenvalue weighted by atomic mass is 16.2. The van der Waals surface area contributed by atoms with Crippen LogP contribution in [0.3, 0.4) is 0 Å². The van der Waals surface area contributed by atoms with Crippen molar-refractivity contribution in [1.82, 2.24) is 30.4 Å². The number of hydrogen-bond acceptors (Lipinski definition) is 5. The van der Waals surface area contributed by atoms with Crippen LogP contribution < -0.4 is 5.32 Å². The first-order valence-corrected chi connectivity index (χ1v) is 8.47. The Morgan fingerprint density at radius 2 is 2.17 bits per heavy atom. The molecule has 1 aliphatic heterocycles. The Labute approximate surface area is 142 Å². The van der Waals surface area contributed by atoms with Crippen LogP contribution in [0.25, 0.3) is 0 Å². The number of likely N-dealkylation sites (tertiary alicyclic amines) is 1. The highest BCUT2D eigenvalue weighted by Gasteiger charge is 2.17. The molecule has 1 aliphatic rings. The van der Waals surface area contributed by atoms with Gasteiger partial charge in [0.15, 0.2) is 0 Å². The van der Waals surface area contributed by atoms with E-state index >= 15 is 0 Å². The van der Waals surface area contributed by atoms with Crippen molar-refractivity contribution in [2.45, 2.75) is 39.4 Å². The van der Waals surface area contributed by atoms with Gasteiger partial charge in [-0.05, 0) is 46.9 Å². The maximum absolute atomic E-state index is 12.0. The number of carbonyl (C=O) groups excluding carboxylic acids is 1. The Bertz CT molecular complexity index is 657. The predicted molar refractivity (Wildman–Crippen MR) is 89.8 cm³/mol. The first-order valence-electron chi connectivity index (χ1n) is 8.47. The first-order chi connectivity index (χ1) is 11.7. The monoisotopic (exact) mass is 328 g/mol. The van der Waals surface area contributed by atoms with Crippen molar-refractivity contribution in [3.05, 3.63) is 41.7 Å². The molecule has 0 spiro atoms. The molecule has 0 radical (unpaired) electrons. The number of piperidine rings is 1. The number of rotatable bonds is 6. The van der Waals surface area contributed by atoms with Crippen molar-refractivity contribution in [1.29, 1.82) is 0 Å². The summed E-state index contributed by atoms with van der Waals surface area (Å²) in [4.78, 5) is 14.5. The summed E-state index contributed by atoms with van der Waals surface area (Å²) < 4.78 is 1.41. The van der Waals surface area contributed by atoms with Crippen LogP contribution in [0.1, 0.15) is 30.9 Å². The molecule has 7 heteroatoms. The molecule has 24 heavy (non-hydrogen) atoms. The van der Waals surface area contributed by atoms with Crippen molar-refractivity contribution in [3.8, 4) is 0 Å². The molecule has 1 aromatic heterocycles. The third-order valence-electron chi connectivity index (χ3n) is 4.43. The molecule has 0 aliphatic carbocycles. The highest BCUT2D eigenvalue weighted by molar-refractivity contribution is 5.75. The van der Waals surface area contributed by atoms with Crippen LogP contribution in [-0.2, 0) is 24.4 Å². The molecular weight excluding hydrogens is 304 g/mol. The fourth-order valence-corrected chi connectivity index (χ4v) is 3.20. The normalized spacial score (nSPS) is 18.5. The van der Waals surface area contributed by atoms with Crippen molar-refractivity contribution in [3.63, 3.8) is 0 Å². The van der Waals surface area contributed by atoms with E-state index < -0.39 is 0 Å². The molecule has 7 nitrogen and oxygen atoms in total. The first kappa shape index (κ1) is 16.6. The van der Waals surface area contributed by atoms with E-state index in [1.807, 2.05) is 6.07 Å². The fourth-order valence-electron chi connectivity index (χ4n) is 3.20. The van der Waals surface area contributed by atoms with Crippen molar-refractivity contribution in [2.75, 3.05) is 13.1 Å². The number of nitrogens with zero attached hydrogens (tertiary/aromatic N) is 5. The molecule has 0 saturated carbocycles. The minimum absolute atomic E-state index is 0.0938. The van der Waals surface area contributed by atoms with E-state index in [1.54, 1.807) is 0 Å². The largest absolute Gasteiger partial charge is 0.350 e. The molecule has 0 bridgehead atoms. The third kappa shape index (κ3) is 4.61. The second-order valence-electron chi connectivity index (χ2n) is 6.54. The maximum Gasteiger partial charge on any atom is 0.242 e. The lowest BCUT2D eigenvalue weighted by atomic mass is 9.99. The molecule has 1 amide bonds. The van der Waals surface area contributed by atoms with Gasteiger partial charge in [0.2, 0.25) is 5.91 Å². The Morgan fingerprint density at radius 3 is 2.92 bits per heavy atom. The van der Waals surface area contributed by atoms with Crippen LogP contribution in [0.5, 0.6) is 0 Å². The summed E-state index contributed by atoms with van der Waals surface area (Å²) in [5.74, 6) is 0.672. The Kier molecular flexibility index (Phi) is 5.53. The van der Waals surface area contributed by atoms with E-state index in [4.69, 9.17) is 0 Å².